The fraction of sp³-hybridized carbons (Fsp3) is 0.100. The van der Waals surface area contributed by atoms with E-state index in [9.17, 15) is 9.18 Å². The Morgan fingerprint density at radius 1 is 1.33 bits per heavy atom. The Morgan fingerprint density at radius 2 is 2.00 bits per heavy atom. The summed E-state index contributed by atoms with van der Waals surface area (Å²) in [6.07, 6.45) is 2.07. The average molecular weight is 164 g/mol. The van der Waals surface area contributed by atoms with Crippen LogP contribution in [-0.2, 0) is 4.79 Å². The van der Waals surface area contributed by atoms with Crippen LogP contribution in [0.3, 0.4) is 0 Å². The Morgan fingerprint density at radius 3 is 2.50 bits per heavy atom. The normalized spacial score (nSPS) is 11.2. The zero-order chi connectivity index (χ0) is 8.81. The highest BCUT2D eigenvalue weighted by Crippen LogP contribution is 2.04. The molecular weight excluding hydrogens is 155 g/mol. The molecule has 0 saturated heterocycles. The Bertz CT molecular complexity index is 277. The molecule has 12 heavy (non-hydrogen) atoms. The molecule has 0 fully saturated rings. The minimum Gasteiger partial charge on any atom is -0.298 e. The van der Waals surface area contributed by atoms with Crippen LogP contribution in [0.4, 0.5) is 4.39 Å². The lowest BCUT2D eigenvalue weighted by atomic mass is 10.1. The van der Waals surface area contributed by atoms with E-state index in [2.05, 4.69) is 0 Å². The number of aldehydes is 1. The van der Waals surface area contributed by atoms with Crippen molar-refractivity contribution in [1.29, 1.82) is 0 Å². The number of allylic oxidation sites excluding steroid dienone is 1. The van der Waals surface area contributed by atoms with Gasteiger partial charge in [0.15, 0.2) is 0 Å². The van der Waals surface area contributed by atoms with Crippen molar-refractivity contribution in [1.82, 2.24) is 0 Å². The van der Waals surface area contributed by atoms with Gasteiger partial charge in [-0.05, 0) is 11.6 Å². The third kappa shape index (κ3) is 2.31. The van der Waals surface area contributed by atoms with Crippen LogP contribution < -0.4 is 0 Å². The monoisotopic (exact) mass is 164 g/mol. The molecule has 1 aromatic rings. The zero-order valence-electron chi connectivity index (χ0n) is 6.53. The first-order valence-electron chi connectivity index (χ1n) is 3.63. The smallest absolute Gasteiger partial charge is 0.148 e. The van der Waals surface area contributed by atoms with Crippen LogP contribution in [0.5, 0.6) is 0 Å². The second-order valence-corrected chi connectivity index (χ2v) is 2.38. The van der Waals surface area contributed by atoms with Crippen molar-refractivity contribution in [3.8, 4) is 0 Å². The lowest BCUT2D eigenvalue weighted by molar-refractivity contribution is -0.105. The van der Waals surface area contributed by atoms with Gasteiger partial charge in [0.1, 0.15) is 13.0 Å². The van der Waals surface area contributed by atoms with Gasteiger partial charge < -0.3 is 0 Å². The molecule has 0 radical (unpaired) electrons. The van der Waals surface area contributed by atoms with Crippen molar-refractivity contribution in [2.45, 2.75) is 0 Å². The van der Waals surface area contributed by atoms with Crippen LogP contribution in [0.15, 0.2) is 35.9 Å². The van der Waals surface area contributed by atoms with Gasteiger partial charge in [-0.3, -0.25) is 4.79 Å². The van der Waals surface area contributed by atoms with Crippen molar-refractivity contribution >= 4 is 12.4 Å². The van der Waals surface area contributed by atoms with Gasteiger partial charge in [0.2, 0.25) is 0 Å². The van der Waals surface area contributed by atoms with Gasteiger partial charge in [-0.15, -0.1) is 0 Å². The van der Waals surface area contributed by atoms with Crippen LogP contribution >= 0.6 is 0 Å². The highest BCUT2D eigenvalue weighted by Gasteiger charge is 1.93. The standard InChI is InChI=1S/C10H9FO/c11-7-10(8-12)6-9-4-2-1-3-5-9/h1-6,8H,7H2. The second kappa shape index (κ2) is 4.44. The number of hydrogen-bond acceptors (Lipinski definition) is 1. The minimum atomic E-state index is -0.710. The predicted octanol–water partition coefficient (Wildman–Crippen LogP) is 2.24. The van der Waals surface area contributed by atoms with Crippen LogP contribution in [0, 0.1) is 0 Å². The van der Waals surface area contributed by atoms with Crippen molar-refractivity contribution in [3.05, 3.63) is 41.5 Å². The zero-order valence-corrected chi connectivity index (χ0v) is 6.53. The minimum absolute atomic E-state index is 0.168. The molecule has 0 aromatic heterocycles. The maximum atomic E-state index is 12.0. The van der Waals surface area contributed by atoms with Gasteiger partial charge in [-0.1, -0.05) is 30.3 Å². The fourth-order valence-corrected chi connectivity index (χ4v) is 0.867. The molecule has 0 aliphatic rings. The molecule has 1 rings (SSSR count). The van der Waals surface area contributed by atoms with Crippen molar-refractivity contribution in [2.24, 2.45) is 0 Å². The Balaban J connectivity index is 2.86. The summed E-state index contributed by atoms with van der Waals surface area (Å²) in [7, 11) is 0. The molecule has 1 nitrogen and oxygen atoms in total. The molecule has 0 unspecified atom stereocenters. The van der Waals surface area contributed by atoms with Crippen LogP contribution in [0.1, 0.15) is 5.56 Å². The summed E-state index contributed by atoms with van der Waals surface area (Å²) in [5.41, 5.74) is 1.01. The van der Waals surface area contributed by atoms with Crippen LogP contribution in [0.25, 0.3) is 6.08 Å². The van der Waals surface area contributed by atoms with Gasteiger partial charge in [-0.2, -0.15) is 0 Å². The largest absolute Gasteiger partial charge is 0.298 e. The van der Waals surface area contributed by atoms with Gasteiger partial charge in [0.05, 0.1) is 0 Å². The Kier molecular flexibility index (Phi) is 3.20. The van der Waals surface area contributed by atoms with E-state index in [1.807, 2.05) is 30.3 Å². The highest BCUT2D eigenvalue weighted by molar-refractivity contribution is 5.81. The van der Waals surface area contributed by atoms with E-state index in [-0.39, 0.29) is 5.57 Å². The Labute approximate surface area is 70.5 Å². The first-order valence-corrected chi connectivity index (χ1v) is 3.63. The number of rotatable bonds is 3. The molecule has 0 amide bonds. The van der Waals surface area contributed by atoms with Crippen molar-refractivity contribution in [2.75, 3.05) is 6.67 Å². The number of hydrogen-bond donors (Lipinski definition) is 0. The molecule has 0 heterocycles. The molecule has 62 valence electrons. The number of halogens is 1. The van der Waals surface area contributed by atoms with E-state index in [0.29, 0.717) is 6.29 Å². The maximum absolute atomic E-state index is 12.0. The summed E-state index contributed by atoms with van der Waals surface area (Å²) in [6, 6.07) is 9.19. The summed E-state index contributed by atoms with van der Waals surface area (Å²) in [5.74, 6) is 0. The molecule has 0 spiro atoms. The predicted molar refractivity (Wildman–Crippen MR) is 46.5 cm³/mol. The van der Waals surface area contributed by atoms with E-state index in [1.165, 1.54) is 6.08 Å². The quantitative estimate of drug-likeness (QED) is 0.494. The molecule has 0 aliphatic carbocycles. The first kappa shape index (κ1) is 8.65. The summed E-state index contributed by atoms with van der Waals surface area (Å²) >= 11 is 0. The van der Waals surface area contributed by atoms with E-state index in [0.717, 1.165) is 5.56 Å². The first-order chi connectivity index (χ1) is 5.86. The van der Waals surface area contributed by atoms with Gasteiger partial charge in [0.25, 0.3) is 0 Å². The highest BCUT2D eigenvalue weighted by atomic mass is 19.1. The second-order valence-electron chi connectivity index (χ2n) is 2.38. The fourth-order valence-electron chi connectivity index (χ4n) is 0.867. The van der Waals surface area contributed by atoms with Crippen molar-refractivity contribution < 1.29 is 9.18 Å². The number of benzene rings is 1. The van der Waals surface area contributed by atoms with Crippen LogP contribution in [-0.4, -0.2) is 13.0 Å². The van der Waals surface area contributed by atoms with Gasteiger partial charge in [0, 0.05) is 5.57 Å². The molecular formula is C10H9FO. The number of alkyl halides is 1. The maximum Gasteiger partial charge on any atom is 0.148 e. The third-order valence-corrected chi connectivity index (χ3v) is 1.46. The summed E-state index contributed by atoms with van der Waals surface area (Å²) in [4.78, 5) is 10.2. The molecule has 0 bridgehead atoms. The summed E-state index contributed by atoms with van der Waals surface area (Å²) < 4.78 is 12.0. The lowest BCUT2D eigenvalue weighted by Gasteiger charge is -1.92. The van der Waals surface area contributed by atoms with Crippen LogP contribution in [0.2, 0.25) is 0 Å². The number of carbonyl (C=O) groups excluding carboxylic acids is 1. The molecule has 1 aromatic carbocycles. The SMILES string of the molecule is O=CC(=Cc1ccccc1)CF. The van der Waals surface area contributed by atoms with Gasteiger partial charge in [-0.25, -0.2) is 4.39 Å². The lowest BCUT2D eigenvalue weighted by Crippen LogP contribution is -1.86. The van der Waals surface area contributed by atoms with Crippen molar-refractivity contribution in [3.63, 3.8) is 0 Å². The molecule has 0 atom stereocenters. The molecule has 0 aliphatic heterocycles. The number of carbonyl (C=O) groups is 1. The van der Waals surface area contributed by atoms with E-state index < -0.39 is 6.67 Å². The third-order valence-electron chi connectivity index (χ3n) is 1.46. The summed E-state index contributed by atoms with van der Waals surface area (Å²) in [6.45, 7) is -0.710. The van der Waals surface area contributed by atoms with Gasteiger partial charge >= 0.3 is 0 Å². The topological polar surface area (TPSA) is 17.1 Å². The average Bonchev–Trinajstić information content (AvgIpc) is 2.16. The molecule has 0 saturated carbocycles. The Hall–Kier alpha value is -1.44. The molecule has 0 N–H and O–H groups in total. The van der Waals surface area contributed by atoms with E-state index >= 15 is 0 Å². The van der Waals surface area contributed by atoms with E-state index in [4.69, 9.17) is 0 Å². The van der Waals surface area contributed by atoms with E-state index in [1.54, 1.807) is 0 Å². The summed E-state index contributed by atoms with van der Waals surface area (Å²) in [5, 5.41) is 0. The molecule has 2 heteroatoms.